The van der Waals surface area contributed by atoms with Gasteiger partial charge in [0.05, 0.1) is 0 Å². The SMILES string of the molecule is CC(=O)OC(C)C#CC(C)OC=O. The fraction of sp³-hybridized carbons (Fsp3) is 0.556. The Morgan fingerprint density at radius 1 is 1.31 bits per heavy atom. The lowest BCUT2D eigenvalue weighted by Crippen LogP contribution is -2.11. The van der Waals surface area contributed by atoms with Crippen molar-refractivity contribution in [2.24, 2.45) is 0 Å². The van der Waals surface area contributed by atoms with Crippen LogP contribution in [0.15, 0.2) is 0 Å². The Kier molecular flexibility index (Phi) is 5.37. The molecule has 0 aromatic carbocycles. The first-order chi connectivity index (χ1) is 6.06. The molecule has 0 amide bonds. The lowest BCUT2D eigenvalue weighted by Gasteiger charge is -2.04. The molecule has 0 fully saturated rings. The van der Waals surface area contributed by atoms with Gasteiger partial charge in [-0.05, 0) is 13.8 Å². The van der Waals surface area contributed by atoms with Gasteiger partial charge in [-0.2, -0.15) is 0 Å². The quantitative estimate of drug-likeness (QED) is 0.364. The number of carbonyl (C=O) groups is 2. The van der Waals surface area contributed by atoms with Crippen LogP contribution >= 0.6 is 0 Å². The maximum absolute atomic E-state index is 10.4. The van der Waals surface area contributed by atoms with Crippen LogP contribution in [0.5, 0.6) is 0 Å². The largest absolute Gasteiger partial charge is 0.452 e. The average Bonchev–Trinajstić information content (AvgIpc) is 2.00. The summed E-state index contributed by atoms with van der Waals surface area (Å²) < 4.78 is 9.22. The van der Waals surface area contributed by atoms with Crippen LogP contribution in [0.4, 0.5) is 0 Å². The van der Waals surface area contributed by atoms with Crippen LogP contribution in [0.25, 0.3) is 0 Å². The highest BCUT2D eigenvalue weighted by molar-refractivity contribution is 5.66. The number of ether oxygens (including phenoxy) is 2. The minimum absolute atomic E-state index is 0.329. The molecular weight excluding hydrogens is 172 g/mol. The number of hydrogen-bond acceptors (Lipinski definition) is 4. The molecule has 0 bridgehead atoms. The minimum Gasteiger partial charge on any atom is -0.452 e. The Bertz CT molecular complexity index is 236. The van der Waals surface area contributed by atoms with Crippen LogP contribution < -0.4 is 0 Å². The molecule has 0 radical (unpaired) electrons. The van der Waals surface area contributed by atoms with Crippen LogP contribution in [0.2, 0.25) is 0 Å². The fourth-order valence-electron chi connectivity index (χ4n) is 0.630. The van der Waals surface area contributed by atoms with Crippen LogP contribution in [0, 0.1) is 11.8 Å². The van der Waals surface area contributed by atoms with Crippen molar-refractivity contribution in [3.8, 4) is 11.8 Å². The molecule has 0 rings (SSSR count). The topological polar surface area (TPSA) is 52.6 Å². The summed E-state index contributed by atoms with van der Waals surface area (Å²) >= 11 is 0. The Balaban J connectivity index is 3.92. The highest BCUT2D eigenvalue weighted by Crippen LogP contribution is 1.90. The third-order valence-corrected chi connectivity index (χ3v) is 1.09. The zero-order valence-electron chi connectivity index (χ0n) is 7.87. The molecule has 2 unspecified atom stereocenters. The molecule has 72 valence electrons. The first kappa shape index (κ1) is 11.5. The van der Waals surface area contributed by atoms with E-state index < -0.39 is 12.2 Å². The first-order valence-electron chi connectivity index (χ1n) is 3.83. The number of esters is 1. The van der Waals surface area contributed by atoms with Crippen molar-refractivity contribution >= 4 is 12.4 Å². The summed E-state index contributed by atoms with van der Waals surface area (Å²) in [5, 5.41) is 0. The van der Waals surface area contributed by atoms with Gasteiger partial charge in [0, 0.05) is 6.92 Å². The second-order valence-corrected chi connectivity index (χ2v) is 2.41. The highest BCUT2D eigenvalue weighted by atomic mass is 16.5. The van der Waals surface area contributed by atoms with Crippen molar-refractivity contribution in [3.05, 3.63) is 0 Å². The van der Waals surface area contributed by atoms with Crippen LogP contribution in [0.3, 0.4) is 0 Å². The van der Waals surface area contributed by atoms with Crippen molar-refractivity contribution < 1.29 is 19.1 Å². The summed E-state index contributed by atoms with van der Waals surface area (Å²) in [6.07, 6.45) is -0.953. The fourth-order valence-corrected chi connectivity index (χ4v) is 0.630. The van der Waals surface area contributed by atoms with E-state index in [0.717, 1.165) is 0 Å². The lowest BCUT2D eigenvalue weighted by molar-refractivity contribution is -0.143. The molecule has 0 spiro atoms. The number of rotatable bonds is 3. The van der Waals surface area contributed by atoms with Crippen molar-refractivity contribution in [2.45, 2.75) is 33.0 Å². The van der Waals surface area contributed by atoms with Gasteiger partial charge in [-0.1, -0.05) is 11.8 Å². The van der Waals surface area contributed by atoms with Crippen molar-refractivity contribution in [3.63, 3.8) is 0 Å². The van der Waals surface area contributed by atoms with Crippen molar-refractivity contribution in [2.75, 3.05) is 0 Å². The summed E-state index contributed by atoms with van der Waals surface area (Å²) in [6.45, 7) is 4.91. The van der Waals surface area contributed by atoms with E-state index in [9.17, 15) is 9.59 Å². The van der Waals surface area contributed by atoms with E-state index in [1.807, 2.05) is 0 Å². The van der Waals surface area contributed by atoms with Gasteiger partial charge < -0.3 is 9.47 Å². The third kappa shape index (κ3) is 6.88. The van der Waals surface area contributed by atoms with Gasteiger partial charge in [-0.25, -0.2) is 0 Å². The molecule has 0 aliphatic carbocycles. The monoisotopic (exact) mass is 184 g/mol. The van der Waals surface area contributed by atoms with Crippen LogP contribution in [-0.2, 0) is 19.1 Å². The molecule has 4 nitrogen and oxygen atoms in total. The molecule has 2 atom stereocenters. The molecular formula is C9H12O4. The number of carbonyl (C=O) groups excluding carboxylic acids is 2. The summed E-state index contributed by atoms with van der Waals surface area (Å²) in [6, 6.07) is 0. The Hall–Kier alpha value is -1.50. The Morgan fingerprint density at radius 2 is 1.85 bits per heavy atom. The maximum atomic E-state index is 10.4. The Labute approximate surface area is 77.2 Å². The molecule has 0 saturated heterocycles. The van der Waals surface area contributed by atoms with E-state index in [1.54, 1.807) is 13.8 Å². The molecule has 0 aromatic rings. The summed E-state index contributed by atoms with van der Waals surface area (Å²) in [4.78, 5) is 20.3. The van der Waals surface area contributed by atoms with E-state index in [2.05, 4.69) is 16.6 Å². The Morgan fingerprint density at radius 3 is 2.31 bits per heavy atom. The van der Waals surface area contributed by atoms with Gasteiger partial charge in [0.1, 0.15) is 0 Å². The third-order valence-electron chi connectivity index (χ3n) is 1.09. The smallest absolute Gasteiger partial charge is 0.303 e. The van der Waals surface area contributed by atoms with Crippen LogP contribution in [-0.4, -0.2) is 24.6 Å². The minimum atomic E-state index is -0.477. The van der Waals surface area contributed by atoms with Crippen LogP contribution in [0.1, 0.15) is 20.8 Å². The average molecular weight is 184 g/mol. The normalized spacial score (nSPS) is 13.2. The van der Waals surface area contributed by atoms with Crippen molar-refractivity contribution in [1.82, 2.24) is 0 Å². The van der Waals surface area contributed by atoms with Gasteiger partial charge in [0.25, 0.3) is 6.47 Å². The summed E-state index contributed by atoms with van der Waals surface area (Å²) in [7, 11) is 0. The summed E-state index contributed by atoms with van der Waals surface area (Å²) in [5.74, 6) is 4.85. The second kappa shape index (κ2) is 6.06. The zero-order valence-corrected chi connectivity index (χ0v) is 7.87. The molecule has 0 aliphatic heterocycles. The second-order valence-electron chi connectivity index (χ2n) is 2.41. The van der Waals surface area contributed by atoms with E-state index in [-0.39, 0.29) is 5.97 Å². The van der Waals surface area contributed by atoms with Gasteiger partial charge in [0.2, 0.25) is 0 Å². The predicted molar refractivity (Wildman–Crippen MR) is 45.6 cm³/mol. The standard InChI is InChI=1S/C9H12O4/c1-7(12-6-10)4-5-8(2)13-9(3)11/h6-8H,1-3H3. The van der Waals surface area contributed by atoms with Gasteiger partial charge in [0.15, 0.2) is 12.2 Å². The van der Waals surface area contributed by atoms with Crippen molar-refractivity contribution in [1.29, 1.82) is 0 Å². The van der Waals surface area contributed by atoms with Gasteiger partial charge in [-0.3, -0.25) is 9.59 Å². The summed E-state index contributed by atoms with van der Waals surface area (Å²) in [5.41, 5.74) is 0. The lowest BCUT2D eigenvalue weighted by atomic mass is 10.3. The molecule has 0 heterocycles. The molecule has 0 aliphatic rings. The molecule has 0 N–H and O–H groups in total. The highest BCUT2D eigenvalue weighted by Gasteiger charge is 2.00. The van der Waals surface area contributed by atoms with Gasteiger partial charge >= 0.3 is 5.97 Å². The molecule has 13 heavy (non-hydrogen) atoms. The van der Waals surface area contributed by atoms with E-state index >= 15 is 0 Å². The first-order valence-corrected chi connectivity index (χ1v) is 3.83. The van der Waals surface area contributed by atoms with E-state index in [1.165, 1.54) is 6.92 Å². The molecule has 4 heteroatoms. The van der Waals surface area contributed by atoms with Gasteiger partial charge in [-0.15, -0.1) is 0 Å². The zero-order chi connectivity index (χ0) is 10.3. The molecule has 0 aromatic heterocycles. The number of hydrogen-bond donors (Lipinski definition) is 0. The van der Waals surface area contributed by atoms with E-state index in [4.69, 9.17) is 4.74 Å². The predicted octanol–water partition coefficient (Wildman–Crippen LogP) is 0.503. The van der Waals surface area contributed by atoms with E-state index in [0.29, 0.717) is 6.47 Å². The molecule has 0 saturated carbocycles. The maximum Gasteiger partial charge on any atom is 0.303 e.